The Kier molecular flexibility index (Phi) is 2.74. The predicted molar refractivity (Wildman–Crippen MR) is 74.4 cm³/mol. The van der Waals surface area contributed by atoms with E-state index in [1.165, 1.54) is 0 Å². The zero-order chi connectivity index (χ0) is 12.8. The molecule has 1 heterocycles. The summed E-state index contributed by atoms with van der Waals surface area (Å²) >= 11 is 11.8. The van der Waals surface area contributed by atoms with Gasteiger partial charge in [0.1, 0.15) is 5.60 Å². The molecule has 0 amide bonds. The summed E-state index contributed by atoms with van der Waals surface area (Å²) in [5.41, 5.74) is 1.51. The minimum absolute atomic E-state index is 0.435. The maximum Gasteiger partial charge on any atom is 0.134 e. The van der Waals surface area contributed by atoms with E-state index in [-0.39, 0.29) is 0 Å². The molecule has 2 N–H and O–H groups in total. The minimum atomic E-state index is -1.02. The third-order valence-corrected chi connectivity index (χ3v) is 3.77. The average Bonchev–Trinajstić information content (AvgIpc) is 2.68. The molecule has 92 valence electrons. The molecule has 2 nitrogen and oxygen atoms in total. The molecule has 1 unspecified atom stereocenters. The second kappa shape index (κ2) is 4.16. The lowest BCUT2D eigenvalue weighted by Gasteiger charge is -2.23. The standard InChI is InChI=1S/C14H11Cl2NO/c15-10-3-1-9(2-4-10)14(18)8-17-13-7-11(16)5-6-12(13)14/h1-7,17-18H,8H2. The van der Waals surface area contributed by atoms with Crippen molar-refractivity contribution in [3.8, 4) is 0 Å². The molecule has 1 aliphatic rings. The Morgan fingerprint density at radius 1 is 1.00 bits per heavy atom. The third-order valence-electron chi connectivity index (χ3n) is 3.28. The largest absolute Gasteiger partial charge is 0.381 e. The summed E-state index contributed by atoms with van der Waals surface area (Å²) in [6.07, 6.45) is 0. The molecule has 0 saturated carbocycles. The summed E-state index contributed by atoms with van der Waals surface area (Å²) in [6.45, 7) is 0.435. The second-order valence-electron chi connectivity index (χ2n) is 4.41. The highest BCUT2D eigenvalue weighted by Crippen LogP contribution is 2.41. The van der Waals surface area contributed by atoms with Crippen molar-refractivity contribution in [2.24, 2.45) is 0 Å². The van der Waals surface area contributed by atoms with Crippen LogP contribution in [-0.4, -0.2) is 11.7 Å². The first kappa shape index (κ1) is 11.8. The van der Waals surface area contributed by atoms with E-state index in [2.05, 4.69) is 5.32 Å². The zero-order valence-corrected chi connectivity index (χ0v) is 11.0. The van der Waals surface area contributed by atoms with Crippen molar-refractivity contribution >= 4 is 28.9 Å². The Morgan fingerprint density at radius 3 is 2.39 bits per heavy atom. The number of rotatable bonds is 1. The number of hydrogen-bond acceptors (Lipinski definition) is 2. The smallest absolute Gasteiger partial charge is 0.134 e. The Balaban J connectivity index is 2.11. The fourth-order valence-electron chi connectivity index (χ4n) is 2.32. The Morgan fingerprint density at radius 2 is 1.67 bits per heavy atom. The third kappa shape index (κ3) is 1.77. The highest BCUT2D eigenvalue weighted by Gasteiger charge is 2.38. The van der Waals surface area contributed by atoms with E-state index < -0.39 is 5.60 Å². The average molecular weight is 280 g/mol. The second-order valence-corrected chi connectivity index (χ2v) is 5.28. The van der Waals surface area contributed by atoms with Crippen molar-refractivity contribution in [3.05, 3.63) is 63.6 Å². The van der Waals surface area contributed by atoms with Gasteiger partial charge in [0, 0.05) is 21.3 Å². The lowest BCUT2D eigenvalue weighted by atomic mass is 9.88. The van der Waals surface area contributed by atoms with Gasteiger partial charge in [-0.2, -0.15) is 0 Å². The van der Waals surface area contributed by atoms with Crippen molar-refractivity contribution in [1.82, 2.24) is 0 Å². The van der Waals surface area contributed by atoms with Gasteiger partial charge in [0.05, 0.1) is 6.54 Å². The van der Waals surface area contributed by atoms with Crippen LogP contribution in [0.25, 0.3) is 0 Å². The molecule has 0 aliphatic carbocycles. The summed E-state index contributed by atoms with van der Waals surface area (Å²) in [7, 11) is 0. The quantitative estimate of drug-likeness (QED) is 0.835. The molecule has 0 bridgehead atoms. The summed E-state index contributed by atoms with van der Waals surface area (Å²) in [5.74, 6) is 0. The van der Waals surface area contributed by atoms with Crippen LogP contribution in [0.1, 0.15) is 11.1 Å². The first-order valence-electron chi connectivity index (χ1n) is 5.62. The van der Waals surface area contributed by atoms with Gasteiger partial charge < -0.3 is 10.4 Å². The molecule has 2 aromatic rings. The van der Waals surface area contributed by atoms with Crippen molar-refractivity contribution in [2.45, 2.75) is 5.60 Å². The SMILES string of the molecule is OC1(c2ccc(Cl)cc2)CNc2cc(Cl)ccc21. The minimum Gasteiger partial charge on any atom is -0.381 e. The molecular weight excluding hydrogens is 269 g/mol. The number of benzene rings is 2. The summed E-state index contributed by atoms with van der Waals surface area (Å²) in [6, 6.07) is 12.7. The number of nitrogens with one attached hydrogen (secondary N) is 1. The van der Waals surface area contributed by atoms with Crippen LogP contribution in [0.5, 0.6) is 0 Å². The van der Waals surface area contributed by atoms with Gasteiger partial charge in [0.15, 0.2) is 0 Å². The van der Waals surface area contributed by atoms with Crippen molar-refractivity contribution in [2.75, 3.05) is 11.9 Å². The topological polar surface area (TPSA) is 32.3 Å². The molecule has 4 heteroatoms. The number of fused-ring (bicyclic) bond motifs is 1. The van der Waals surface area contributed by atoms with Gasteiger partial charge in [-0.1, -0.05) is 41.4 Å². The number of β-amino-alcohol motifs (C(OH)–C–C–N with tert-alkyl or cyclic N) is 1. The van der Waals surface area contributed by atoms with Crippen LogP contribution in [0.4, 0.5) is 5.69 Å². The fourth-order valence-corrected chi connectivity index (χ4v) is 2.62. The molecule has 0 saturated heterocycles. The van der Waals surface area contributed by atoms with Gasteiger partial charge in [-0.15, -0.1) is 0 Å². The monoisotopic (exact) mass is 279 g/mol. The van der Waals surface area contributed by atoms with Gasteiger partial charge >= 0.3 is 0 Å². The van der Waals surface area contributed by atoms with Crippen molar-refractivity contribution in [3.63, 3.8) is 0 Å². The van der Waals surface area contributed by atoms with Gasteiger partial charge in [0.2, 0.25) is 0 Å². The molecule has 2 aromatic carbocycles. The van der Waals surface area contributed by atoms with Crippen LogP contribution in [0.3, 0.4) is 0 Å². The van der Waals surface area contributed by atoms with Crippen LogP contribution in [0.15, 0.2) is 42.5 Å². The fraction of sp³-hybridized carbons (Fsp3) is 0.143. The Bertz CT molecular complexity index is 597. The predicted octanol–water partition coefficient (Wildman–Crippen LogP) is 3.65. The summed E-state index contributed by atoms with van der Waals surface area (Å²) in [4.78, 5) is 0. The number of anilines is 1. The molecule has 0 spiro atoms. The first-order valence-corrected chi connectivity index (χ1v) is 6.37. The maximum absolute atomic E-state index is 10.8. The van der Waals surface area contributed by atoms with Gasteiger partial charge in [-0.3, -0.25) is 0 Å². The van der Waals surface area contributed by atoms with E-state index in [1.54, 1.807) is 18.2 Å². The van der Waals surface area contributed by atoms with E-state index in [4.69, 9.17) is 23.2 Å². The first-order chi connectivity index (χ1) is 8.59. The van der Waals surface area contributed by atoms with E-state index in [1.807, 2.05) is 24.3 Å². The van der Waals surface area contributed by atoms with Crippen LogP contribution in [0, 0.1) is 0 Å². The number of halogens is 2. The molecule has 18 heavy (non-hydrogen) atoms. The molecule has 0 radical (unpaired) electrons. The molecule has 1 aliphatic heterocycles. The van der Waals surface area contributed by atoms with Crippen molar-refractivity contribution in [1.29, 1.82) is 0 Å². The molecule has 0 aromatic heterocycles. The summed E-state index contributed by atoms with van der Waals surface area (Å²) in [5, 5.41) is 15.3. The molecule has 3 rings (SSSR count). The normalized spacial score (nSPS) is 21.5. The van der Waals surface area contributed by atoms with Crippen LogP contribution in [0.2, 0.25) is 10.0 Å². The van der Waals surface area contributed by atoms with Gasteiger partial charge in [-0.05, 0) is 29.8 Å². The van der Waals surface area contributed by atoms with Crippen LogP contribution < -0.4 is 5.32 Å². The molecule has 0 fully saturated rings. The van der Waals surface area contributed by atoms with Gasteiger partial charge in [-0.25, -0.2) is 0 Å². The lowest BCUT2D eigenvalue weighted by molar-refractivity contribution is 0.103. The number of aliphatic hydroxyl groups is 1. The van der Waals surface area contributed by atoms with E-state index >= 15 is 0 Å². The maximum atomic E-state index is 10.8. The van der Waals surface area contributed by atoms with E-state index in [9.17, 15) is 5.11 Å². The summed E-state index contributed by atoms with van der Waals surface area (Å²) < 4.78 is 0. The van der Waals surface area contributed by atoms with Gasteiger partial charge in [0.25, 0.3) is 0 Å². The van der Waals surface area contributed by atoms with Crippen molar-refractivity contribution < 1.29 is 5.11 Å². The number of hydrogen-bond donors (Lipinski definition) is 2. The molecular formula is C14H11Cl2NO. The Labute approximate surface area is 115 Å². The zero-order valence-electron chi connectivity index (χ0n) is 9.45. The highest BCUT2D eigenvalue weighted by molar-refractivity contribution is 6.31. The van der Waals surface area contributed by atoms with Crippen LogP contribution >= 0.6 is 23.2 Å². The molecule has 1 atom stereocenters. The van der Waals surface area contributed by atoms with E-state index in [0.29, 0.717) is 16.6 Å². The van der Waals surface area contributed by atoms with E-state index in [0.717, 1.165) is 16.8 Å². The highest BCUT2D eigenvalue weighted by atomic mass is 35.5. The van der Waals surface area contributed by atoms with Crippen LogP contribution in [-0.2, 0) is 5.60 Å². The lowest BCUT2D eigenvalue weighted by Crippen LogP contribution is -2.29. The Hall–Kier alpha value is -1.22.